The molecule has 0 aliphatic rings. The summed E-state index contributed by atoms with van der Waals surface area (Å²) in [4.78, 5) is 18.1. The lowest BCUT2D eigenvalue weighted by atomic mass is 9.86. The summed E-state index contributed by atoms with van der Waals surface area (Å²) in [6, 6.07) is 93.9. The fourth-order valence-electron chi connectivity index (χ4n) is 14.7. The van der Waals surface area contributed by atoms with E-state index in [4.69, 9.17) is 18.4 Å². The van der Waals surface area contributed by atoms with E-state index in [0.717, 1.165) is 67.1 Å². The summed E-state index contributed by atoms with van der Waals surface area (Å²) >= 11 is 3.51. The predicted octanol–water partition coefficient (Wildman–Crippen LogP) is 36.0. The predicted molar refractivity (Wildman–Crippen MR) is 578 cm³/mol. The summed E-state index contributed by atoms with van der Waals surface area (Å²) in [6.45, 7) is 66.9. The lowest BCUT2D eigenvalue weighted by Crippen LogP contribution is -2.27. The molecule has 0 atom stereocenters. The topological polar surface area (TPSA) is 121 Å². The summed E-state index contributed by atoms with van der Waals surface area (Å²) in [7, 11) is 1.69. The summed E-state index contributed by atoms with van der Waals surface area (Å²) in [6.07, 6.45) is 6.63. The van der Waals surface area contributed by atoms with Crippen LogP contribution in [0.2, 0.25) is 0 Å². The molecule has 0 unspecified atom stereocenters. The number of carbonyl (C=O) groups is 1. The van der Waals surface area contributed by atoms with Gasteiger partial charge in [-0.1, -0.05) is 390 Å². The molecular formula is C123H148FN5O5S2. The van der Waals surface area contributed by atoms with E-state index in [0.29, 0.717) is 0 Å². The van der Waals surface area contributed by atoms with Crippen LogP contribution in [0.1, 0.15) is 254 Å². The summed E-state index contributed by atoms with van der Waals surface area (Å²) in [5, 5.41) is 16.3. The number of aryl methyl sites for hydroxylation is 4. The normalized spacial score (nSPS) is 11.7. The van der Waals surface area contributed by atoms with Crippen LogP contribution in [0.25, 0.3) is 88.6 Å². The first kappa shape index (κ1) is 107. The molecule has 0 fully saturated rings. The maximum Gasteiger partial charge on any atom is 0.418 e. The molecule has 1 N–H and O–H groups in total. The number of thiophene rings is 1. The molecule has 714 valence electrons. The van der Waals surface area contributed by atoms with E-state index in [1.165, 1.54) is 106 Å². The van der Waals surface area contributed by atoms with E-state index >= 15 is 0 Å². The van der Waals surface area contributed by atoms with Crippen LogP contribution in [0, 0.1) is 33.5 Å². The van der Waals surface area contributed by atoms with Crippen molar-refractivity contribution in [2.45, 2.75) is 264 Å². The smallest absolute Gasteiger partial charge is 0.418 e. The second kappa shape index (κ2) is 46.0. The number of nitrogens with one attached hydrogen (secondary N) is 1. The third-order valence-electron chi connectivity index (χ3n) is 23.3. The lowest BCUT2D eigenvalue weighted by molar-refractivity contribution is 0.0540. The minimum absolute atomic E-state index is 0.117. The number of rotatable bonds is 9. The molecule has 16 aromatic rings. The van der Waals surface area contributed by atoms with E-state index in [9.17, 15) is 9.18 Å². The van der Waals surface area contributed by atoms with Crippen molar-refractivity contribution in [1.82, 2.24) is 24.9 Å². The molecule has 10 nitrogen and oxygen atoms in total. The first-order valence-corrected chi connectivity index (χ1v) is 48.9. The van der Waals surface area contributed by atoms with Gasteiger partial charge in [0.25, 0.3) is 0 Å². The van der Waals surface area contributed by atoms with Crippen LogP contribution in [0.4, 0.5) is 9.18 Å². The lowest BCUT2D eigenvalue weighted by Gasteiger charge is -2.21. The van der Waals surface area contributed by atoms with Crippen LogP contribution in [0.3, 0.4) is 0 Å². The van der Waals surface area contributed by atoms with Gasteiger partial charge in [-0.25, -0.2) is 14.2 Å². The zero-order valence-electron chi connectivity index (χ0n) is 87.0. The van der Waals surface area contributed by atoms with E-state index in [1.807, 2.05) is 71.0 Å². The molecular weight excluding hydrogens is 1710 g/mol. The van der Waals surface area contributed by atoms with Gasteiger partial charge < -0.3 is 18.4 Å². The average Bonchev–Trinajstić information content (AvgIpc) is 1.68. The quantitative estimate of drug-likeness (QED) is 0.152. The number of halogens is 1. The Bertz CT molecular complexity index is 6050. The maximum absolute atomic E-state index is 12.8. The summed E-state index contributed by atoms with van der Waals surface area (Å²) < 4.78 is 35.3. The van der Waals surface area contributed by atoms with Crippen LogP contribution in [-0.4, -0.2) is 43.7 Å². The van der Waals surface area contributed by atoms with Crippen LogP contribution >= 0.6 is 22.7 Å². The molecule has 0 saturated carbocycles. The van der Waals surface area contributed by atoms with Gasteiger partial charge >= 0.3 is 6.09 Å². The highest BCUT2D eigenvalue weighted by atomic mass is 32.1. The minimum atomic E-state index is -0.505. The Kier molecular flexibility index (Phi) is 36.3. The van der Waals surface area contributed by atoms with Crippen molar-refractivity contribution in [3.63, 3.8) is 0 Å². The van der Waals surface area contributed by atoms with E-state index in [2.05, 4.69) is 423 Å². The highest BCUT2D eigenvalue weighted by Crippen LogP contribution is 2.38. The average molecular weight is 1860 g/mol. The molecule has 136 heavy (non-hydrogen) atoms. The van der Waals surface area contributed by atoms with Gasteiger partial charge in [-0.3, -0.25) is 9.67 Å². The number of nitrogens with zero attached hydrogens (tertiary/aromatic N) is 4. The van der Waals surface area contributed by atoms with Crippen molar-refractivity contribution in [2.75, 3.05) is 7.11 Å². The van der Waals surface area contributed by atoms with Gasteiger partial charge in [0.2, 0.25) is 0 Å². The molecule has 0 aliphatic heterocycles. The zero-order chi connectivity index (χ0) is 100. The van der Waals surface area contributed by atoms with E-state index in [1.54, 1.807) is 71.4 Å². The number of thiazole rings is 1. The second-order valence-corrected chi connectivity index (χ2v) is 45.9. The maximum atomic E-state index is 12.8. The Balaban J connectivity index is 0.000000175. The standard InChI is InChI=1S/C19H25NO2.C17H20O.C16H17F.C15H19NO.C15H19NS.C14H16O.C14H16S.C13H16N2/c1-18(2,3)15-11-9-14(10-12-15)16-8-7-13-20(16)17(21)22-19(4,5)6;1-17(2,3)15-9-5-13(6-10-15)14-7-11-16(18-4)12-8-14;1-16(2,3)14-8-4-12(5-9-14)13-6-10-15(17)11-7-13;1-10-14(11(2)17-16-10)12-6-8-13(9-7-12)15(3,4)5;1-10-14(17-11(2)16-10)12-6-8-13(9-7-12)15(3,4)5;2*1-14(2,3)13-6-4-11(5-7-13)12-8-9-15-10-12;1-13(2,3)11-6-4-10(5-7-11)12-8-9-14-15-12/h7-13H,1-6H3;5-12H,1-4H3;4-11H,1-3H3;2*6-9H,1-5H3;2*4-10H,1-3H3;4-9H,1-3H3,(H,14,15). The molecule has 0 bridgehead atoms. The van der Waals surface area contributed by atoms with Crippen LogP contribution in [-0.2, 0) is 48.1 Å². The molecule has 10 aromatic carbocycles. The van der Waals surface area contributed by atoms with E-state index < -0.39 is 5.60 Å². The van der Waals surface area contributed by atoms with Gasteiger partial charge in [0.05, 0.1) is 52.3 Å². The van der Waals surface area contributed by atoms with Crippen molar-refractivity contribution in [3.8, 4) is 94.3 Å². The Morgan fingerprint density at radius 1 is 0.375 bits per heavy atom. The van der Waals surface area contributed by atoms with Gasteiger partial charge in [-0.2, -0.15) is 16.4 Å². The van der Waals surface area contributed by atoms with Gasteiger partial charge in [-0.15, -0.1) is 11.3 Å². The molecule has 0 radical (unpaired) electrons. The van der Waals surface area contributed by atoms with Crippen LogP contribution in [0.15, 0.2) is 318 Å². The van der Waals surface area contributed by atoms with Crippen molar-refractivity contribution < 1.29 is 27.6 Å². The third kappa shape index (κ3) is 32.2. The highest BCUT2D eigenvalue weighted by Gasteiger charge is 2.24. The zero-order valence-corrected chi connectivity index (χ0v) is 88.6. The van der Waals surface area contributed by atoms with Crippen molar-refractivity contribution in [2.24, 2.45) is 0 Å². The monoisotopic (exact) mass is 1860 g/mol. The van der Waals surface area contributed by atoms with E-state index in [-0.39, 0.29) is 55.2 Å². The fraction of sp³-hybridized carbons (Fsp3) is 0.333. The van der Waals surface area contributed by atoms with Gasteiger partial charge in [0.1, 0.15) is 22.9 Å². The van der Waals surface area contributed by atoms with Crippen molar-refractivity contribution in [3.05, 3.63) is 381 Å². The molecule has 0 amide bonds. The molecule has 6 aromatic heterocycles. The number of hydrogen-bond acceptors (Lipinski definition) is 10. The number of aromatic nitrogens is 5. The number of furan rings is 1. The third-order valence-corrected chi connectivity index (χ3v) is 25.1. The molecule has 0 spiro atoms. The number of benzene rings is 10. The molecule has 0 aliphatic carbocycles. The largest absolute Gasteiger partial charge is 0.497 e. The van der Waals surface area contributed by atoms with Crippen LogP contribution < -0.4 is 4.74 Å². The number of H-pyrrole nitrogens is 1. The van der Waals surface area contributed by atoms with Gasteiger partial charge in [-0.05, 0) is 263 Å². The number of methoxy groups -OCH3 is 1. The second-order valence-electron chi connectivity index (χ2n) is 43.9. The summed E-state index contributed by atoms with van der Waals surface area (Å²) in [5.41, 5.74) is 31.2. The molecule has 13 heteroatoms. The minimum Gasteiger partial charge on any atom is -0.497 e. The number of carbonyl (C=O) groups excluding carboxylic acids is 1. The fourth-order valence-corrected chi connectivity index (χ4v) is 16.3. The van der Waals surface area contributed by atoms with Crippen molar-refractivity contribution in [1.29, 1.82) is 0 Å². The Hall–Kier alpha value is -12.3. The molecule has 0 saturated heterocycles. The first-order valence-electron chi connectivity index (χ1n) is 47.1. The Labute approximate surface area is 821 Å². The number of aromatic amines is 1. The van der Waals surface area contributed by atoms with Crippen molar-refractivity contribution >= 4 is 28.8 Å². The number of hydrogen-bond donors (Lipinski definition) is 1. The van der Waals surface area contributed by atoms with Gasteiger partial charge in [0.15, 0.2) is 0 Å². The first-order chi connectivity index (χ1) is 63.5. The SMILES string of the molecule is CC(C)(C)OC(=O)n1cccc1-c1ccc(C(C)(C)C)cc1.CC(C)(C)c1ccc(-c2ccc(F)cc2)cc1.CC(C)(C)c1ccc(-c2ccn[nH]2)cc1.CC(C)(C)c1ccc(-c2ccoc2)cc1.CC(C)(C)c1ccc(-c2ccsc2)cc1.COc1ccc(-c2ccc(C(C)(C)C)cc2)cc1.Cc1nc(C)c(-c2ccc(C(C)(C)C)cc2)s1.Cc1noc(C)c1-c1ccc(C(C)(C)C)cc1. The molecule has 16 rings (SSSR count). The highest BCUT2D eigenvalue weighted by molar-refractivity contribution is 7.15. The number of ether oxygens (including phenoxy) is 2. The van der Waals surface area contributed by atoms with Gasteiger partial charge in [0, 0.05) is 23.5 Å². The molecule has 6 heterocycles. The Morgan fingerprint density at radius 2 is 0.721 bits per heavy atom. The Morgan fingerprint density at radius 3 is 1.03 bits per heavy atom. The summed E-state index contributed by atoms with van der Waals surface area (Å²) in [5.74, 6) is 1.58. The van der Waals surface area contributed by atoms with Crippen LogP contribution in [0.5, 0.6) is 5.75 Å².